The van der Waals surface area contributed by atoms with Gasteiger partial charge in [-0.2, -0.15) is 0 Å². The van der Waals surface area contributed by atoms with Crippen LogP contribution in [-0.4, -0.2) is 67.5 Å². The summed E-state index contributed by atoms with van der Waals surface area (Å²) in [6, 6.07) is 13.6. The number of hydrogen-bond acceptors (Lipinski definition) is 4. The Morgan fingerprint density at radius 3 is 2.54 bits per heavy atom. The number of furan rings is 1. The van der Waals surface area contributed by atoms with E-state index in [-0.39, 0.29) is 5.91 Å². The molecule has 28 heavy (non-hydrogen) atoms. The van der Waals surface area contributed by atoms with E-state index in [1.54, 1.807) is 12.1 Å². The van der Waals surface area contributed by atoms with Crippen molar-refractivity contribution in [2.75, 3.05) is 45.9 Å². The second kappa shape index (κ2) is 10.5. The molecule has 3 rings (SSSR count). The number of guanidine groups is 1. The molecule has 0 bridgehead atoms. The number of ether oxygens (including phenoxy) is 1. The maximum absolute atomic E-state index is 12.4. The highest BCUT2D eigenvalue weighted by Crippen LogP contribution is 2.09. The van der Waals surface area contributed by atoms with Gasteiger partial charge in [0.15, 0.2) is 11.7 Å². The molecule has 150 valence electrons. The predicted molar refractivity (Wildman–Crippen MR) is 108 cm³/mol. The molecule has 7 heteroatoms. The summed E-state index contributed by atoms with van der Waals surface area (Å²) in [7, 11) is 0. The van der Waals surface area contributed by atoms with E-state index in [0.717, 1.165) is 31.2 Å². The van der Waals surface area contributed by atoms with Crippen LogP contribution in [-0.2, 0) is 11.3 Å². The minimum atomic E-state index is -0.0547. The van der Waals surface area contributed by atoms with Gasteiger partial charge in [-0.05, 0) is 24.6 Å². The smallest absolute Gasteiger partial charge is 0.289 e. The van der Waals surface area contributed by atoms with Crippen LogP contribution in [0.15, 0.2) is 58.1 Å². The van der Waals surface area contributed by atoms with E-state index < -0.39 is 0 Å². The van der Waals surface area contributed by atoms with Crippen LogP contribution in [0.4, 0.5) is 0 Å². The maximum atomic E-state index is 12.4. The fourth-order valence-corrected chi connectivity index (χ4v) is 3.08. The van der Waals surface area contributed by atoms with Gasteiger partial charge in [0.2, 0.25) is 0 Å². The quantitative estimate of drug-likeness (QED) is 0.450. The fourth-order valence-electron chi connectivity index (χ4n) is 3.08. The largest absolute Gasteiger partial charge is 0.459 e. The Balaban J connectivity index is 1.44. The van der Waals surface area contributed by atoms with Crippen molar-refractivity contribution in [3.8, 4) is 0 Å². The number of carbonyl (C=O) groups is 1. The molecular weight excluding hydrogens is 356 g/mol. The first kappa shape index (κ1) is 19.9. The molecular formula is C21H28N4O3. The zero-order valence-corrected chi connectivity index (χ0v) is 16.3. The lowest BCUT2D eigenvalue weighted by atomic mass is 10.2. The summed E-state index contributed by atoms with van der Waals surface area (Å²) < 4.78 is 10.9. The van der Waals surface area contributed by atoms with Crippen molar-refractivity contribution in [3.05, 3.63) is 60.1 Å². The van der Waals surface area contributed by atoms with Gasteiger partial charge in [-0.3, -0.25) is 9.79 Å². The Morgan fingerprint density at radius 1 is 1.11 bits per heavy atom. The highest BCUT2D eigenvalue weighted by atomic mass is 16.5. The maximum Gasteiger partial charge on any atom is 0.289 e. The van der Waals surface area contributed by atoms with E-state index in [4.69, 9.17) is 9.15 Å². The van der Waals surface area contributed by atoms with Crippen molar-refractivity contribution in [3.63, 3.8) is 0 Å². The van der Waals surface area contributed by atoms with E-state index in [1.807, 2.05) is 23.1 Å². The first-order valence-electron chi connectivity index (χ1n) is 9.75. The summed E-state index contributed by atoms with van der Waals surface area (Å²) in [4.78, 5) is 21.1. The Bertz CT molecular complexity index is 738. The fraction of sp³-hybridized carbons (Fsp3) is 0.429. The van der Waals surface area contributed by atoms with E-state index in [9.17, 15) is 4.79 Å². The van der Waals surface area contributed by atoms with Gasteiger partial charge < -0.3 is 24.3 Å². The molecule has 0 saturated carbocycles. The SMILES string of the molecule is CCNC(=NCCOCc1ccccc1)N1CCN(C(=O)c2ccco2)CC1. The molecule has 0 atom stereocenters. The molecule has 0 spiro atoms. The highest BCUT2D eigenvalue weighted by Gasteiger charge is 2.25. The lowest BCUT2D eigenvalue weighted by Gasteiger charge is -2.36. The van der Waals surface area contributed by atoms with E-state index in [2.05, 4.69) is 34.3 Å². The summed E-state index contributed by atoms with van der Waals surface area (Å²) in [6.45, 7) is 7.39. The normalized spacial score (nSPS) is 15.0. The summed E-state index contributed by atoms with van der Waals surface area (Å²) in [5, 5.41) is 3.33. The Morgan fingerprint density at radius 2 is 1.86 bits per heavy atom. The molecule has 1 aromatic carbocycles. The molecule has 1 amide bonds. The second-order valence-corrected chi connectivity index (χ2v) is 6.53. The van der Waals surface area contributed by atoms with Crippen LogP contribution in [0.5, 0.6) is 0 Å². The van der Waals surface area contributed by atoms with Gasteiger partial charge in [0, 0.05) is 32.7 Å². The van der Waals surface area contributed by atoms with Crippen LogP contribution >= 0.6 is 0 Å². The third-order valence-corrected chi connectivity index (χ3v) is 4.54. The molecule has 1 aromatic heterocycles. The number of nitrogens with one attached hydrogen (secondary N) is 1. The Kier molecular flexibility index (Phi) is 7.49. The van der Waals surface area contributed by atoms with Crippen LogP contribution in [0.25, 0.3) is 0 Å². The molecule has 1 fully saturated rings. The number of carbonyl (C=O) groups excluding carboxylic acids is 1. The summed E-state index contributed by atoms with van der Waals surface area (Å²) in [5.41, 5.74) is 1.16. The third kappa shape index (κ3) is 5.60. The van der Waals surface area contributed by atoms with Gasteiger partial charge >= 0.3 is 0 Å². The molecule has 7 nitrogen and oxygen atoms in total. The van der Waals surface area contributed by atoms with Gasteiger partial charge in [-0.15, -0.1) is 0 Å². The molecule has 2 aromatic rings. The van der Waals surface area contributed by atoms with Gasteiger partial charge in [0.05, 0.1) is 26.0 Å². The van der Waals surface area contributed by atoms with Crippen molar-refractivity contribution in [1.29, 1.82) is 0 Å². The molecule has 2 heterocycles. The summed E-state index contributed by atoms with van der Waals surface area (Å²) in [5.74, 6) is 1.21. The number of amides is 1. The first-order valence-corrected chi connectivity index (χ1v) is 9.75. The van der Waals surface area contributed by atoms with Crippen molar-refractivity contribution in [2.45, 2.75) is 13.5 Å². The molecule has 0 aliphatic carbocycles. The first-order chi connectivity index (χ1) is 13.8. The molecule has 1 aliphatic heterocycles. The van der Waals surface area contributed by atoms with Crippen LogP contribution in [0, 0.1) is 0 Å². The molecule has 1 aliphatic rings. The number of piperazine rings is 1. The lowest BCUT2D eigenvalue weighted by molar-refractivity contribution is 0.0657. The van der Waals surface area contributed by atoms with Crippen LogP contribution < -0.4 is 5.32 Å². The van der Waals surface area contributed by atoms with Gasteiger partial charge in [0.1, 0.15) is 0 Å². The Labute approximate surface area is 166 Å². The van der Waals surface area contributed by atoms with Gasteiger partial charge in [-0.1, -0.05) is 30.3 Å². The highest BCUT2D eigenvalue weighted by molar-refractivity contribution is 5.91. The van der Waals surface area contributed by atoms with E-state index >= 15 is 0 Å². The van der Waals surface area contributed by atoms with Gasteiger partial charge in [0.25, 0.3) is 5.91 Å². The molecule has 0 unspecified atom stereocenters. The lowest BCUT2D eigenvalue weighted by Crippen LogP contribution is -2.53. The molecule has 1 N–H and O–H groups in total. The number of nitrogens with zero attached hydrogens (tertiary/aromatic N) is 3. The van der Waals surface area contributed by atoms with Gasteiger partial charge in [-0.25, -0.2) is 0 Å². The molecule has 1 saturated heterocycles. The third-order valence-electron chi connectivity index (χ3n) is 4.54. The minimum Gasteiger partial charge on any atom is -0.459 e. The number of aliphatic imine (C=N–C) groups is 1. The van der Waals surface area contributed by atoms with Crippen LogP contribution in [0.3, 0.4) is 0 Å². The van der Waals surface area contributed by atoms with Crippen molar-refractivity contribution < 1.29 is 13.9 Å². The topological polar surface area (TPSA) is 70.3 Å². The number of rotatable bonds is 7. The van der Waals surface area contributed by atoms with Crippen LogP contribution in [0.1, 0.15) is 23.0 Å². The van der Waals surface area contributed by atoms with Crippen molar-refractivity contribution >= 4 is 11.9 Å². The van der Waals surface area contributed by atoms with E-state index in [0.29, 0.717) is 38.6 Å². The average Bonchev–Trinajstić information content (AvgIpc) is 3.28. The van der Waals surface area contributed by atoms with E-state index in [1.165, 1.54) is 6.26 Å². The zero-order valence-electron chi connectivity index (χ0n) is 16.3. The van der Waals surface area contributed by atoms with Crippen molar-refractivity contribution in [1.82, 2.24) is 15.1 Å². The van der Waals surface area contributed by atoms with Crippen molar-refractivity contribution in [2.24, 2.45) is 4.99 Å². The predicted octanol–water partition coefficient (Wildman–Crippen LogP) is 2.22. The number of benzene rings is 1. The summed E-state index contributed by atoms with van der Waals surface area (Å²) >= 11 is 0. The van der Waals surface area contributed by atoms with Crippen LogP contribution in [0.2, 0.25) is 0 Å². The Hall–Kier alpha value is -2.80. The standard InChI is InChI=1S/C21H28N4O3/c1-2-22-21(23-10-16-27-17-18-7-4-3-5-8-18)25-13-11-24(12-14-25)20(26)19-9-6-15-28-19/h3-9,15H,2,10-14,16-17H2,1H3,(H,22,23). The number of hydrogen-bond donors (Lipinski definition) is 1. The molecule has 0 radical (unpaired) electrons. The second-order valence-electron chi connectivity index (χ2n) is 6.53. The summed E-state index contributed by atoms with van der Waals surface area (Å²) in [6.07, 6.45) is 1.53. The zero-order chi connectivity index (χ0) is 19.6. The monoisotopic (exact) mass is 384 g/mol. The minimum absolute atomic E-state index is 0.0547. The average molecular weight is 384 g/mol.